The second-order valence-corrected chi connectivity index (χ2v) is 7.40. The summed E-state index contributed by atoms with van der Waals surface area (Å²) in [6.45, 7) is 1.17. The van der Waals surface area contributed by atoms with Crippen LogP contribution >= 0.6 is 0 Å². The van der Waals surface area contributed by atoms with Crippen molar-refractivity contribution < 1.29 is 17.9 Å². The van der Waals surface area contributed by atoms with Crippen LogP contribution in [0.5, 0.6) is 0 Å². The molecule has 0 aromatic carbocycles. The maximum Gasteiger partial charge on any atom is 0.272 e. The molecule has 1 aromatic heterocycles. The van der Waals surface area contributed by atoms with Gasteiger partial charge in [0.25, 0.3) is 5.91 Å². The first-order chi connectivity index (χ1) is 9.55. The van der Waals surface area contributed by atoms with Crippen LogP contribution in [0.2, 0.25) is 0 Å². The number of H-pyrrole nitrogens is 1. The monoisotopic (exact) mass is 299 g/mol. The number of carbonyl (C=O) groups is 1. The molecule has 8 heteroatoms. The lowest BCUT2D eigenvalue weighted by molar-refractivity contribution is 0.0853. The Bertz CT molecular complexity index is 617. The predicted octanol–water partition coefficient (Wildman–Crippen LogP) is -0.211. The average Bonchev–Trinajstić information content (AvgIpc) is 3.03. The Hall–Kier alpha value is -1.41. The van der Waals surface area contributed by atoms with Gasteiger partial charge in [-0.15, -0.1) is 0 Å². The Morgan fingerprint density at radius 3 is 3.10 bits per heavy atom. The van der Waals surface area contributed by atoms with Crippen LogP contribution in [0.25, 0.3) is 0 Å². The molecule has 0 radical (unpaired) electrons. The van der Waals surface area contributed by atoms with Gasteiger partial charge < -0.3 is 10.1 Å². The van der Waals surface area contributed by atoms with Crippen LogP contribution in [-0.2, 0) is 26.7 Å². The van der Waals surface area contributed by atoms with Crippen LogP contribution < -0.4 is 5.32 Å². The van der Waals surface area contributed by atoms with E-state index in [4.69, 9.17) is 4.74 Å². The standard InChI is InChI=1S/C12H17N3O4S/c16-12(13-6-8-2-1-4-19-8)11-9-7-20(17,18)5-3-10(9)14-15-11/h8H,1-7H2,(H,13,16)(H,14,15). The normalized spacial score (nSPS) is 24.3. The molecule has 0 aliphatic carbocycles. The molecule has 7 nitrogen and oxygen atoms in total. The molecule has 1 saturated heterocycles. The number of amides is 1. The summed E-state index contributed by atoms with van der Waals surface area (Å²) in [7, 11) is -3.12. The van der Waals surface area contributed by atoms with Gasteiger partial charge in [-0.1, -0.05) is 0 Å². The number of sulfone groups is 1. The second kappa shape index (κ2) is 5.17. The number of nitrogens with zero attached hydrogens (tertiary/aromatic N) is 1. The van der Waals surface area contributed by atoms with Crippen molar-refractivity contribution in [2.45, 2.75) is 31.1 Å². The number of hydrogen-bond donors (Lipinski definition) is 2. The summed E-state index contributed by atoms with van der Waals surface area (Å²) in [5, 5.41) is 9.50. The second-order valence-electron chi connectivity index (χ2n) is 5.22. The Morgan fingerprint density at radius 1 is 1.50 bits per heavy atom. The van der Waals surface area contributed by atoms with Gasteiger partial charge in [0, 0.05) is 30.8 Å². The Balaban J connectivity index is 1.71. The molecule has 0 saturated carbocycles. The third-order valence-electron chi connectivity index (χ3n) is 3.71. The van der Waals surface area contributed by atoms with Gasteiger partial charge in [-0.2, -0.15) is 5.10 Å². The number of carbonyl (C=O) groups excluding carboxylic acids is 1. The molecule has 1 aromatic rings. The van der Waals surface area contributed by atoms with Gasteiger partial charge in [-0.3, -0.25) is 9.89 Å². The van der Waals surface area contributed by atoms with Crippen molar-refractivity contribution in [3.05, 3.63) is 17.0 Å². The number of aromatic amines is 1. The highest BCUT2D eigenvalue weighted by molar-refractivity contribution is 7.90. The number of hydrogen-bond acceptors (Lipinski definition) is 5. The van der Waals surface area contributed by atoms with Crippen molar-refractivity contribution in [2.24, 2.45) is 0 Å². The highest BCUT2D eigenvalue weighted by Gasteiger charge is 2.29. The maximum absolute atomic E-state index is 12.1. The summed E-state index contributed by atoms with van der Waals surface area (Å²) in [5.74, 6) is -0.337. The lowest BCUT2D eigenvalue weighted by atomic mass is 10.1. The van der Waals surface area contributed by atoms with E-state index in [1.165, 1.54) is 0 Å². The van der Waals surface area contributed by atoms with Crippen LogP contribution in [0.15, 0.2) is 0 Å². The van der Waals surface area contributed by atoms with Crippen molar-refractivity contribution in [1.82, 2.24) is 15.5 Å². The third-order valence-corrected chi connectivity index (χ3v) is 5.26. The van der Waals surface area contributed by atoms with E-state index in [-0.39, 0.29) is 29.2 Å². The van der Waals surface area contributed by atoms with E-state index in [1.54, 1.807) is 0 Å². The fraction of sp³-hybridized carbons (Fsp3) is 0.667. The number of nitrogens with one attached hydrogen (secondary N) is 2. The highest BCUT2D eigenvalue weighted by atomic mass is 32.2. The number of fused-ring (bicyclic) bond motifs is 1. The quantitative estimate of drug-likeness (QED) is 0.804. The summed E-state index contributed by atoms with van der Waals surface area (Å²) in [5.41, 5.74) is 1.46. The maximum atomic E-state index is 12.1. The van der Waals surface area contributed by atoms with Gasteiger partial charge in [0.2, 0.25) is 0 Å². The number of aryl methyl sites for hydroxylation is 1. The molecule has 20 heavy (non-hydrogen) atoms. The molecular weight excluding hydrogens is 282 g/mol. The smallest absolute Gasteiger partial charge is 0.272 e. The molecule has 0 bridgehead atoms. The van der Waals surface area contributed by atoms with Crippen molar-refractivity contribution in [1.29, 1.82) is 0 Å². The number of aromatic nitrogens is 2. The molecule has 3 heterocycles. The van der Waals surface area contributed by atoms with Gasteiger partial charge in [0.1, 0.15) is 0 Å². The van der Waals surface area contributed by atoms with Crippen LogP contribution in [0.1, 0.15) is 34.6 Å². The SMILES string of the molecule is O=C(NCC1CCCO1)c1n[nH]c2c1CS(=O)(=O)CC2. The first-order valence-corrected chi connectivity index (χ1v) is 8.53. The average molecular weight is 299 g/mol. The van der Waals surface area contributed by atoms with Crippen molar-refractivity contribution in [3.63, 3.8) is 0 Å². The van der Waals surface area contributed by atoms with E-state index < -0.39 is 9.84 Å². The minimum atomic E-state index is -3.12. The highest BCUT2D eigenvalue weighted by Crippen LogP contribution is 2.22. The molecule has 1 fully saturated rings. The van der Waals surface area contributed by atoms with E-state index in [2.05, 4.69) is 15.5 Å². The minimum absolute atomic E-state index is 0.0532. The molecule has 1 unspecified atom stereocenters. The Labute approximate surface area is 117 Å². The van der Waals surface area contributed by atoms with E-state index >= 15 is 0 Å². The molecular formula is C12H17N3O4S. The first kappa shape index (κ1) is 13.6. The summed E-state index contributed by atoms with van der Waals surface area (Å²) in [6, 6.07) is 0. The minimum Gasteiger partial charge on any atom is -0.376 e. The molecule has 1 atom stereocenters. The zero-order chi connectivity index (χ0) is 14.2. The fourth-order valence-electron chi connectivity index (χ4n) is 2.60. The van der Waals surface area contributed by atoms with E-state index in [1.807, 2.05) is 0 Å². The van der Waals surface area contributed by atoms with Gasteiger partial charge >= 0.3 is 0 Å². The Kier molecular flexibility index (Phi) is 3.51. The molecule has 3 rings (SSSR count). The molecule has 110 valence electrons. The molecule has 0 spiro atoms. The van der Waals surface area contributed by atoms with Crippen LogP contribution in [0, 0.1) is 0 Å². The van der Waals surface area contributed by atoms with Crippen LogP contribution in [0.4, 0.5) is 0 Å². The third kappa shape index (κ3) is 2.71. The lowest BCUT2D eigenvalue weighted by Gasteiger charge is -2.13. The lowest BCUT2D eigenvalue weighted by Crippen LogP contribution is -2.33. The summed E-state index contributed by atoms with van der Waals surface area (Å²) in [6.07, 6.45) is 2.39. The topological polar surface area (TPSA) is 101 Å². The molecule has 2 aliphatic rings. The summed E-state index contributed by atoms with van der Waals surface area (Å²) >= 11 is 0. The fourth-order valence-corrected chi connectivity index (χ4v) is 4.01. The summed E-state index contributed by atoms with van der Waals surface area (Å²) < 4.78 is 28.7. The summed E-state index contributed by atoms with van der Waals surface area (Å²) in [4.78, 5) is 12.1. The van der Waals surface area contributed by atoms with Gasteiger partial charge in [-0.25, -0.2) is 8.42 Å². The van der Waals surface area contributed by atoms with Crippen molar-refractivity contribution in [3.8, 4) is 0 Å². The van der Waals surface area contributed by atoms with Crippen LogP contribution in [0.3, 0.4) is 0 Å². The van der Waals surface area contributed by atoms with Gasteiger partial charge in [-0.05, 0) is 12.8 Å². The number of ether oxygens (including phenoxy) is 1. The van der Waals surface area contributed by atoms with Gasteiger partial charge in [0.15, 0.2) is 15.5 Å². The van der Waals surface area contributed by atoms with Gasteiger partial charge in [0.05, 0.1) is 17.6 Å². The van der Waals surface area contributed by atoms with Crippen molar-refractivity contribution >= 4 is 15.7 Å². The largest absolute Gasteiger partial charge is 0.376 e. The number of rotatable bonds is 3. The van der Waals surface area contributed by atoms with Crippen molar-refractivity contribution in [2.75, 3.05) is 18.9 Å². The zero-order valence-corrected chi connectivity index (χ0v) is 11.8. The van der Waals surface area contributed by atoms with E-state index in [0.29, 0.717) is 18.5 Å². The molecule has 1 amide bonds. The van der Waals surface area contributed by atoms with Crippen LogP contribution in [-0.4, -0.2) is 49.5 Å². The van der Waals surface area contributed by atoms with E-state index in [0.717, 1.165) is 25.1 Å². The van der Waals surface area contributed by atoms with E-state index in [9.17, 15) is 13.2 Å². The first-order valence-electron chi connectivity index (χ1n) is 6.71. The molecule has 2 aliphatic heterocycles. The zero-order valence-electron chi connectivity index (χ0n) is 11.0. The Morgan fingerprint density at radius 2 is 2.35 bits per heavy atom. The predicted molar refractivity (Wildman–Crippen MR) is 71.1 cm³/mol. The molecule has 2 N–H and O–H groups in total.